The van der Waals surface area contributed by atoms with Crippen molar-refractivity contribution < 1.29 is 9.18 Å². The van der Waals surface area contributed by atoms with Crippen LogP contribution < -0.4 is 0 Å². The van der Waals surface area contributed by atoms with E-state index in [9.17, 15) is 9.18 Å². The van der Waals surface area contributed by atoms with Crippen molar-refractivity contribution in [2.24, 2.45) is 0 Å². The van der Waals surface area contributed by atoms with Gasteiger partial charge in [-0.2, -0.15) is 0 Å². The van der Waals surface area contributed by atoms with E-state index >= 15 is 0 Å². The van der Waals surface area contributed by atoms with E-state index in [1.54, 1.807) is 12.1 Å². The zero-order valence-electron chi connectivity index (χ0n) is 15.4. The van der Waals surface area contributed by atoms with Gasteiger partial charge in [-0.05, 0) is 48.7 Å². The summed E-state index contributed by atoms with van der Waals surface area (Å²) >= 11 is 0. The summed E-state index contributed by atoms with van der Waals surface area (Å²) in [6.07, 6.45) is 7.27. The standard InChI is InChI=1S/C22H22FN3O/c1-2-25-15-20(19-4-3-11-24-22(19)25)17-9-12-26(13-10-17)21(27)14-16-5-7-18(23)8-6-16/h3-9,11,15H,2,10,12-14H2,1H3. The number of fused-ring (bicyclic) bond motifs is 1. The lowest BCUT2D eigenvalue weighted by Crippen LogP contribution is -2.35. The van der Waals surface area contributed by atoms with Gasteiger partial charge in [0.25, 0.3) is 0 Å². The molecule has 1 amide bonds. The van der Waals surface area contributed by atoms with Crippen molar-refractivity contribution in [3.05, 3.63) is 71.8 Å². The average Bonchev–Trinajstić information content (AvgIpc) is 3.09. The summed E-state index contributed by atoms with van der Waals surface area (Å²) in [5.41, 5.74) is 4.33. The number of carbonyl (C=O) groups excluding carboxylic acids is 1. The number of hydrogen-bond donors (Lipinski definition) is 0. The van der Waals surface area contributed by atoms with E-state index in [0.29, 0.717) is 19.5 Å². The zero-order chi connectivity index (χ0) is 18.8. The molecule has 0 bridgehead atoms. The maximum atomic E-state index is 13.0. The second-order valence-corrected chi connectivity index (χ2v) is 6.83. The van der Waals surface area contributed by atoms with E-state index in [1.807, 2.05) is 17.2 Å². The third kappa shape index (κ3) is 3.50. The van der Waals surface area contributed by atoms with E-state index in [2.05, 4.69) is 34.8 Å². The van der Waals surface area contributed by atoms with Gasteiger partial charge in [-0.25, -0.2) is 9.37 Å². The molecule has 5 heteroatoms. The second kappa shape index (κ2) is 7.35. The minimum atomic E-state index is -0.280. The molecule has 1 aromatic carbocycles. The lowest BCUT2D eigenvalue weighted by Gasteiger charge is -2.26. The maximum Gasteiger partial charge on any atom is 0.227 e. The van der Waals surface area contributed by atoms with Crippen molar-refractivity contribution in [1.29, 1.82) is 0 Å². The molecule has 0 unspecified atom stereocenters. The smallest absolute Gasteiger partial charge is 0.227 e. The van der Waals surface area contributed by atoms with Crippen LogP contribution in [0.1, 0.15) is 24.5 Å². The van der Waals surface area contributed by atoms with Crippen molar-refractivity contribution in [3.63, 3.8) is 0 Å². The molecule has 4 rings (SSSR count). The molecule has 1 aliphatic rings. The Bertz CT molecular complexity index is 1000. The van der Waals surface area contributed by atoms with Gasteiger partial charge in [-0.3, -0.25) is 4.79 Å². The first-order chi connectivity index (χ1) is 13.2. The van der Waals surface area contributed by atoms with Gasteiger partial charge in [0.2, 0.25) is 5.91 Å². The quantitative estimate of drug-likeness (QED) is 0.701. The van der Waals surface area contributed by atoms with Crippen molar-refractivity contribution >= 4 is 22.5 Å². The third-order valence-corrected chi connectivity index (χ3v) is 5.15. The summed E-state index contributed by atoms with van der Waals surface area (Å²) < 4.78 is 15.2. The Morgan fingerprint density at radius 1 is 1.22 bits per heavy atom. The summed E-state index contributed by atoms with van der Waals surface area (Å²) in [4.78, 5) is 18.9. The lowest BCUT2D eigenvalue weighted by molar-refractivity contribution is -0.130. The molecular weight excluding hydrogens is 341 g/mol. The first kappa shape index (κ1) is 17.5. The number of carbonyl (C=O) groups is 1. The number of nitrogens with zero attached hydrogens (tertiary/aromatic N) is 3. The van der Waals surface area contributed by atoms with Crippen LogP contribution in [0.25, 0.3) is 16.6 Å². The SMILES string of the molecule is CCn1cc(C2=CCN(C(=O)Cc3ccc(F)cc3)CC2)c2cccnc21. The fourth-order valence-corrected chi connectivity index (χ4v) is 3.65. The molecule has 0 aliphatic carbocycles. The van der Waals surface area contributed by atoms with Crippen LogP contribution in [0.3, 0.4) is 0 Å². The Morgan fingerprint density at radius 3 is 2.74 bits per heavy atom. The van der Waals surface area contributed by atoms with E-state index in [1.165, 1.54) is 23.3 Å². The van der Waals surface area contributed by atoms with Gasteiger partial charge in [0.05, 0.1) is 6.42 Å². The molecule has 1 aliphatic heterocycles. The minimum Gasteiger partial charge on any atom is -0.338 e. The van der Waals surface area contributed by atoms with Crippen LogP contribution in [0, 0.1) is 5.82 Å². The highest BCUT2D eigenvalue weighted by Crippen LogP contribution is 2.30. The van der Waals surface area contributed by atoms with Crippen LogP contribution in [-0.4, -0.2) is 33.4 Å². The molecule has 3 heterocycles. The first-order valence-electron chi connectivity index (χ1n) is 9.31. The van der Waals surface area contributed by atoms with Gasteiger partial charge in [-0.15, -0.1) is 0 Å². The van der Waals surface area contributed by atoms with Gasteiger partial charge in [0.15, 0.2) is 0 Å². The van der Waals surface area contributed by atoms with E-state index in [4.69, 9.17) is 0 Å². The number of aryl methyl sites for hydroxylation is 1. The van der Waals surface area contributed by atoms with Gasteiger partial charge < -0.3 is 9.47 Å². The zero-order valence-corrected chi connectivity index (χ0v) is 15.4. The molecule has 0 N–H and O–H groups in total. The average molecular weight is 363 g/mol. The summed E-state index contributed by atoms with van der Waals surface area (Å²) in [5.74, 6) is -0.202. The molecule has 27 heavy (non-hydrogen) atoms. The van der Waals surface area contributed by atoms with Crippen LogP contribution >= 0.6 is 0 Å². The van der Waals surface area contributed by atoms with Crippen LogP contribution in [0.15, 0.2) is 54.9 Å². The van der Waals surface area contributed by atoms with Crippen LogP contribution in [0.4, 0.5) is 4.39 Å². The fraction of sp³-hybridized carbons (Fsp3) is 0.273. The highest BCUT2D eigenvalue weighted by Gasteiger charge is 2.20. The molecule has 0 fully saturated rings. The highest BCUT2D eigenvalue weighted by molar-refractivity contribution is 5.91. The topological polar surface area (TPSA) is 38.1 Å². The number of aromatic nitrogens is 2. The van der Waals surface area contributed by atoms with Crippen LogP contribution in [-0.2, 0) is 17.8 Å². The van der Waals surface area contributed by atoms with Crippen molar-refractivity contribution in [2.45, 2.75) is 26.3 Å². The van der Waals surface area contributed by atoms with Crippen LogP contribution in [0.2, 0.25) is 0 Å². The number of rotatable bonds is 4. The van der Waals surface area contributed by atoms with Crippen molar-refractivity contribution in [3.8, 4) is 0 Å². The number of amides is 1. The van der Waals surface area contributed by atoms with Gasteiger partial charge in [0.1, 0.15) is 11.5 Å². The molecular formula is C22H22FN3O. The van der Waals surface area contributed by atoms with E-state index in [-0.39, 0.29) is 11.7 Å². The molecule has 2 aromatic heterocycles. The molecule has 0 saturated heterocycles. The normalized spacial score (nSPS) is 14.4. The van der Waals surface area contributed by atoms with Gasteiger partial charge >= 0.3 is 0 Å². The molecule has 0 atom stereocenters. The summed E-state index contributed by atoms with van der Waals surface area (Å²) in [7, 11) is 0. The fourth-order valence-electron chi connectivity index (χ4n) is 3.65. The number of halogens is 1. The number of benzene rings is 1. The largest absolute Gasteiger partial charge is 0.338 e. The Morgan fingerprint density at radius 2 is 2.04 bits per heavy atom. The Kier molecular flexibility index (Phi) is 4.75. The molecule has 0 spiro atoms. The van der Waals surface area contributed by atoms with E-state index < -0.39 is 0 Å². The predicted molar refractivity (Wildman–Crippen MR) is 105 cm³/mol. The minimum absolute atomic E-state index is 0.0783. The third-order valence-electron chi connectivity index (χ3n) is 5.15. The molecule has 4 nitrogen and oxygen atoms in total. The lowest BCUT2D eigenvalue weighted by atomic mass is 9.99. The first-order valence-corrected chi connectivity index (χ1v) is 9.31. The Labute approximate surface area is 157 Å². The molecule has 138 valence electrons. The van der Waals surface area contributed by atoms with Gasteiger partial charge in [-0.1, -0.05) is 18.2 Å². The van der Waals surface area contributed by atoms with Crippen molar-refractivity contribution in [2.75, 3.05) is 13.1 Å². The van der Waals surface area contributed by atoms with Crippen molar-refractivity contribution in [1.82, 2.24) is 14.5 Å². The van der Waals surface area contributed by atoms with Crippen LogP contribution in [0.5, 0.6) is 0 Å². The number of hydrogen-bond acceptors (Lipinski definition) is 2. The van der Waals surface area contributed by atoms with Gasteiger partial charge in [0, 0.05) is 43.0 Å². The summed E-state index contributed by atoms with van der Waals surface area (Å²) in [6, 6.07) is 10.2. The number of pyridine rings is 1. The monoisotopic (exact) mass is 363 g/mol. The molecule has 0 saturated carbocycles. The van der Waals surface area contributed by atoms with E-state index in [0.717, 1.165) is 29.6 Å². The maximum absolute atomic E-state index is 13.0. The second-order valence-electron chi connectivity index (χ2n) is 6.83. The predicted octanol–water partition coefficient (Wildman–Crippen LogP) is 4.05. The Balaban J connectivity index is 1.50. The molecule has 0 radical (unpaired) electrons. The summed E-state index contributed by atoms with van der Waals surface area (Å²) in [5, 5.41) is 1.16. The molecule has 3 aromatic rings. The summed E-state index contributed by atoms with van der Waals surface area (Å²) in [6.45, 7) is 4.30. The Hall–Kier alpha value is -2.95. The highest BCUT2D eigenvalue weighted by atomic mass is 19.1.